The van der Waals surface area contributed by atoms with Gasteiger partial charge in [-0.2, -0.15) is 13.2 Å². The fourth-order valence-corrected chi connectivity index (χ4v) is 2.13. The van der Waals surface area contributed by atoms with E-state index in [9.17, 15) is 22.8 Å². The number of rotatable bonds is 7. The summed E-state index contributed by atoms with van der Waals surface area (Å²) in [6.45, 7) is 4.15. The van der Waals surface area contributed by atoms with Crippen LogP contribution in [0.25, 0.3) is 0 Å². The number of benzene rings is 1. The number of carboxylic acids is 1. The summed E-state index contributed by atoms with van der Waals surface area (Å²) in [7, 11) is 0. The van der Waals surface area contributed by atoms with Crippen LogP contribution in [0.2, 0.25) is 0 Å². The Balaban J connectivity index is 2.62. The van der Waals surface area contributed by atoms with Crippen LogP contribution in [0.3, 0.4) is 0 Å². The van der Waals surface area contributed by atoms with Crippen molar-refractivity contribution in [3.8, 4) is 0 Å². The lowest BCUT2D eigenvalue weighted by Crippen LogP contribution is -2.44. The smallest absolute Gasteiger partial charge is 0.391 e. The first-order valence-corrected chi connectivity index (χ1v) is 7.23. The Morgan fingerprint density at radius 1 is 1.13 bits per heavy atom. The molecule has 0 aromatic heterocycles. The summed E-state index contributed by atoms with van der Waals surface area (Å²) in [5, 5.41) is 10.7. The molecule has 2 N–H and O–H groups in total. The number of halogens is 3. The lowest BCUT2D eigenvalue weighted by Gasteiger charge is -2.16. The molecule has 1 aromatic carbocycles. The molecule has 0 spiro atoms. The molecular formula is C16H20F3NO3. The average molecular weight is 331 g/mol. The molecule has 0 aliphatic rings. The van der Waals surface area contributed by atoms with Gasteiger partial charge in [-0.25, -0.2) is 4.79 Å². The topological polar surface area (TPSA) is 66.4 Å². The van der Waals surface area contributed by atoms with Gasteiger partial charge in [0.15, 0.2) is 0 Å². The Morgan fingerprint density at radius 2 is 1.65 bits per heavy atom. The predicted molar refractivity (Wildman–Crippen MR) is 78.9 cm³/mol. The third-order valence-corrected chi connectivity index (χ3v) is 3.10. The molecule has 23 heavy (non-hydrogen) atoms. The van der Waals surface area contributed by atoms with Crippen LogP contribution in [0.15, 0.2) is 24.3 Å². The maximum Gasteiger partial charge on any atom is 0.391 e. The van der Waals surface area contributed by atoms with Gasteiger partial charge in [0.05, 0.1) is 12.8 Å². The van der Waals surface area contributed by atoms with Gasteiger partial charge in [-0.05, 0) is 23.5 Å². The highest BCUT2D eigenvalue weighted by molar-refractivity contribution is 5.84. The lowest BCUT2D eigenvalue weighted by atomic mass is 10.0. The fourth-order valence-electron chi connectivity index (χ4n) is 2.13. The van der Waals surface area contributed by atoms with Gasteiger partial charge in [-0.3, -0.25) is 4.79 Å². The second-order valence-electron chi connectivity index (χ2n) is 5.87. The van der Waals surface area contributed by atoms with Gasteiger partial charge >= 0.3 is 12.1 Å². The summed E-state index contributed by atoms with van der Waals surface area (Å²) >= 11 is 0. The van der Waals surface area contributed by atoms with Crippen molar-refractivity contribution in [2.75, 3.05) is 0 Å². The van der Waals surface area contributed by atoms with Gasteiger partial charge in [0, 0.05) is 0 Å². The van der Waals surface area contributed by atoms with Crippen molar-refractivity contribution in [2.24, 2.45) is 5.92 Å². The van der Waals surface area contributed by atoms with E-state index in [1.54, 1.807) is 12.1 Å². The number of hydrogen-bond donors (Lipinski definition) is 2. The summed E-state index contributed by atoms with van der Waals surface area (Å²) in [4.78, 5) is 22.5. The van der Waals surface area contributed by atoms with Gasteiger partial charge in [0.2, 0.25) is 5.91 Å². The van der Waals surface area contributed by atoms with Crippen LogP contribution in [0, 0.1) is 5.92 Å². The van der Waals surface area contributed by atoms with E-state index in [1.165, 1.54) is 0 Å². The largest absolute Gasteiger partial charge is 0.480 e. The predicted octanol–water partition coefficient (Wildman–Crippen LogP) is 2.95. The van der Waals surface area contributed by atoms with E-state index in [2.05, 4.69) is 13.8 Å². The molecule has 1 amide bonds. The minimum atomic E-state index is -4.66. The molecule has 0 aliphatic heterocycles. The number of carboxylic acid groups (broad SMARTS) is 1. The number of carbonyl (C=O) groups is 2. The van der Waals surface area contributed by atoms with Crippen molar-refractivity contribution in [1.82, 2.24) is 5.32 Å². The third kappa shape index (κ3) is 7.67. The molecule has 4 nitrogen and oxygen atoms in total. The van der Waals surface area contributed by atoms with Crippen LogP contribution in [0.5, 0.6) is 0 Å². The Kier molecular flexibility index (Phi) is 6.60. The van der Waals surface area contributed by atoms with E-state index in [0.29, 0.717) is 11.5 Å². The molecule has 0 saturated carbocycles. The van der Waals surface area contributed by atoms with Gasteiger partial charge < -0.3 is 10.4 Å². The zero-order valence-electron chi connectivity index (χ0n) is 13.0. The molecule has 0 radical (unpaired) electrons. The quantitative estimate of drug-likeness (QED) is 0.807. The summed E-state index contributed by atoms with van der Waals surface area (Å²) in [6, 6.07) is 5.18. The highest BCUT2D eigenvalue weighted by atomic mass is 19.4. The van der Waals surface area contributed by atoms with Gasteiger partial charge in [-0.15, -0.1) is 0 Å². The van der Waals surface area contributed by atoms with Crippen molar-refractivity contribution in [1.29, 1.82) is 0 Å². The second-order valence-corrected chi connectivity index (χ2v) is 5.87. The van der Waals surface area contributed by atoms with Crippen LogP contribution in [-0.4, -0.2) is 29.2 Å². The minimum absolute atomic E-state index is 0.163. The molecule has 0 fully saturated rings. The van der Waals surface area contributed by atoms with Crippen LogP contribution in [0.1, 0.15) is 31.4 Å². The molecule has 0 heterocycles. The molecule has 1 atom stereocenters. The van der Waals surface area contributed by atoms with Crippen LogP contribution >= 0.6 is 0 Å². The van der Waals surface area contributed by atoms with E-state index in [0.717, 1.165) is 12.0 Å². The molecule has 1 unspecified atom stereocenters. The van der Waals surface area contributed by atoms with E-state index < -0.39 is 30.5 Å². The number of aliphatic carboxylic acids is 1. The van der Waals surface area contributed by atoms with Crippen molar-refractivity contribution >= 4 is 11.9 Å². The molecule has 0 aliphatic carbocycles. The van der Waals surface area contributed by atoms with Crippen molar-refractivity contribution in [3.05, 3.63) is 35.4 Å². The summed E-state index contributed by atoms with van der Waals surface area (Å²) < 4.78 is 36.8. The molecular weight excluding hydrogens is 311 g/mol. The summed E-state index contributed by atoms with van der Waals surface area (Å²) in [6.07, 6.45) is -5.53. The number of alkyl halides is 3. The normalized spacial score (nSPS) is 13.0. The number of carbonyl (C=O) groups excluding carboxylic acids is 1. The Hall–Kier alpha value is -2.05. The van der Waals surface area contributed by atoms with E-state index >= 15 is 0 Å². The maximum absolute atomic E-state index is 12.3. The van der Waals surface area contributed by atoms with Crippen LogP contribution in [-0.2, 0) is 22.4 Å². The molecule has 1 rings (SSSR count). The minimum Gasteiger partial charge on any atom is -0.480 e. The highest BCUT2D eigenvalue weighted by Crippen LogP contribution is 2.21. The van der Waals surface area contributed by atoms with E-state index in [1.807, 2.05) is 17.4 Å². The molecule has 128 valence electrons. The number of hydrogen-bond acceptors (Lipinski definition) is 2. The first kappa shape index (κ1) is 19.0. The Labute approximate surface area is 132 Å². The van der Waals surface area contributed by atoms with Crippen molar-refractivity contribution in [2.45, 2.75) is 45.3 Å². The monoisotopic (exact) mass is 331 g/mol. The SMILES string of the molecule is CC(C)Cc1ccc(CC(=O)NC(CC(F)(F)F)C(=O)O)cc1. The summed E-state index contributed by atoms with van der Waals surface area (Å²) in [5.41, 5.74) is 1.72. The van der Waals surface area contributed by atoms with Gasteiger partial charge in [0.1, 0.15) is 6.04 Å². The van der Waals surface area contributed by atoms with Crippen LogP contribution < -0.4 is 5.32 Å². The molecule has 7 heteroatoms. The van der Waals surface area contributed by atoms with Gasteiger partial charge in [0.25, 0.3) is 0 Å². The Morgan fingerprint density at radius 3 is 2.09 bits per heavy atom. The first-order valence-electron chi connectivity index (χ1n) is 7.23. The lowest BCUT2D eigenvalue weighted by molar-refractivity contribution is -0.159. The first-order chi connectivity index (χ1) is 10.6. The second kappa shape index (κ2) is 7.99. The number of amides is 1. The summed E-state index contributed by atoms with van der Waals surface area (Å²) in [5.74, 6) is -1.97. The fraction of sp³-hybridized carbons (Fsp3) is 0.500. The van der Waals surface area contributed by atoms with Crippen molar-refractivity contribution in [3.63, 3.8) is 0 Å². The number of nitrogens with one attached hydrogen (secondary N) is 1. The molecule has 1 aromatic rings. The zero-order valence-corrected chi connectivity index (χ0v) is 13.0. The van der Waals surface area contributed by atoms with E-state index in [4.69, 9.17) is 5.11 Å². The molecule has 0 saturated heterocycles. The van der Waals surface area contributed by atoms with E-state index in [-0.39, 0.29) is 6.42 Å². The zero-order chi connectivity index (χ0) is 17.6. The highest BCUT2D eigenvalue weighted by Gasteiger charge is 2.36. The molecule has 0 bridgehead atoms. The third-order valence-electron chi connectivity index (χ3n) is 3.10. The maximum atomic E-state index is 12.3. The standard InChI is InChI=1S/C16H20F3NO3/c1-10(2)7-11-3-5-12(6-4-11)8-14(21)20-13(15(22)23)9-16(17,18)19/h3-6,10,13H,7-9H2,1-2H3,(H,20,21)(H,22,23). The average Bonchev–Trinajstić information content (AvgIpc) is 2.38. The van der Waals surface area contributed by atoms with Gasteiger partial charge in [-0.1, -0.05) is 38.1 Å². The Bertz CT molecular complexity index is 538. The van der Waals surface area contributed by atoms with Crippen LogP contribution in [0.4, 0.5) is 13.2 Å². The van der Waals surface area contributed by atoms with Crippen molar-refractivity contribution < 1.29 is 27.9 Å².